The summed E-state index contributed by atoms with van der Waals surface area (Å²) in [7, 11) is -1.00. The predicted molar refractivity (Wildman–Crippen MR) is 104 cm³/mol. The van der Waals surface area contributed by atoms with Crippen LogP contribution in [0.2, 0.25) is 0 Å². The molecule has 0 atom stereocenters. The predicted octanol–water partition coefficient (Wildman–Crippen LogP) is 5.51. The Kier molecular flexibility index (Phi) is 12.3. The summed E-state index contributed by atoms with van der Waals surface area (Å²) in [4.78, 5) is 10.1. The number of carboxylic acids is 1. The molecule has 0 amide bonds. The van der Waals surface area contributed by atoms with Crippen LogP contribution in [0.4, 0.5) is 4.39 Å². The molecule has 1 N–H and O–H groups in total. The Morgan fingerprint density at radius 3 is 1.88 bits per heavy atom. The van der Waals surface area contributed by atoms with Crippen LogP contribution < -0.4 is 9.47 Å². The van der Waals surface area contributed by atoms with Crippen LogP contribution in [0.5, 0.6) is 11.5 Å². The first-order valence-corrected chi connectivity index (χ1v) is 8.46. The number of carbonyl (C=O) groups is 1. The van der Waals surface area contributed by atoms with Crippen LogP contribution >= 0.6 is 31.9 Å². The number of hydrogen-bond donors (Lipinski definition) is 1. The van der Waals surface area contributed by atoms with Crippen molar-refractivity contribution >= 4 is 37.8 Å². The van der Waals surface area contributed by atoms with E-state index < -0.39 is 13.1 Å². The van der Waals surface area contributed by atoms with Gasteiger partial charge < -0.3 is 14.6 Å². The SMILES string of the molecule is C=CCOc1ccc(Br)cc1.O=C(O)COc1ccc(Br)cc1.[2H]CF. The highest BCUT2D eigenvalue weighted by molar-refractivity contribution is 9.10. The molecule has 0 unspecified atom stereocenters. The van der Waals surface area contributed by atoms with Crippen molar-refractivity contribution < 1.29 is 25.1 Å². The summed E-state index contributed by atoms with van der Waals surface area (Å²) in [6.07, 6.45) is 1.72. The molecule has 0 heterocycles. The molecule has 0 bridgehead atoms. The molecule has 0 spiro atoms. The number of carboxylic acid groups (broad SMARTS) is 1. The van der Waals surface area contributed by atoms with Gasteiger partial charge in [-0.1, -0.05) is 44.5 Å². The Balaban J connectivity index is 0.000000419. The van der Waals surface area contributed by atoms with E-state index in [4.69, 9.17) is 16.0 Å². The first kappa shape index (κ1) is 21.2. The zero-order valence-electron chi connectivity index (χ0n) is 14.3. The quantitative estimate of drug-likeness (QED) is 0.556. The lowest BCUT2D eigenvalue weighted by atomic mass is 10.3. The number of aliphatic carboxylic acids is 1. The molecule has 4 nitrogen and oxygen atoms in total. The third-order valence-electron chi connectivity index (χ3n) is 2.36. The number of halogens is 3. The van der Waals surface area contributed by atoms with Crippen LogP contribution in [-0.2, 0) is 4.79 Å². The maximum atomic E-state index is 10.1. The van der Waals surface area contributed by atoms with E-state index in [9.17, 15) is 9.18 Å². The van der Waals surface area contributed by atoms with Gasteiger partial charge in [0, 0.05) is 8.95 Å². The zero-order valence-corrected chi connectivity index (χ0v) is 16.5. The molecule has 2 rings (SSSR count). The smallest absolute Gasteiger partial charge is 0.341 e. The highest BCUT2D eigenvalue weighted by atomic mass is 79.9. The van der Waals surface area contributed by atoms with Gasteiger partial charge in [-0.25, -0.2) is 4.79 Å². The summed E-state index contributed by atoms with van der Waals surface area (Å²) in [6.45, 7) is 3.81. The van der Waals surface area contributed by atoms with Crippen LogP contribution in [0, 0.1) is 0 Å². The van der Waals surface area contributed by atoms with Crippen LogP contribution in [0.25, 0.3) is 0 Å². The lowest BCUT2D eigenvalue weighted by Crippen LogP contribution is -2.09. The van der Waals surface area contributed by atoms with E-state index in [0.29, 0.717) is 12.4 Å². The van der Waals surface area contributed by atoms with E-state index in [1.54, 1.807) is 30.3 Å². The molecule has 7 heteroatoms. The van der Waals surface area contributed by atoms with Crippen LogP contribution in [0.15, 0.2) is 70.1 Å². The molecule has 0 aromatic heterocycles. The van der Waals surface area contributed by atoms with Crippen molar-refractivity contribution in [1.82, 2.24) is 0 Å². The average molecular weight is 479 g/mol. The van der Waals surface area contributed by atoms with E-state index in [1.165, 1.54) is 0 Å². The van der Waals surface area contributed by atoms with Crippen molar-refractivity contribution in [3.05, 3.63) is 70.1 Å². The zero-order chi connectivity index (χ0) is 19.8. The van der Waals surface area contributed by atoms with Gasteiger partial charge in [0.05, 0.1) is 8.52 Å². The van der Waals surface area contributed by atoms with Crippen molar-refractivity contribution in [3.8, 4) is 11.5 Å². The maximum Gasteiger partial charge on any atom is 0.341 e. The first-order valence-electron chi connectivity index (χ1n) is 7.58. The average Bonchev–Trinajstić information content (AvgIpc) is 2.62. The molecule has 0 aliphatic rings. The van der Waals surface area contributed by atoms with Crippen LogP contribution in [0.1, 0.15) is 1.37 Å². The van der Waals surface area contributed by atoms with E-state index in [1.807, 2.05) is 24.3 Å². The van der Waals surface area contributed by atoms with Gasteiger partial charge in [-0.05, 0) is 48.5 Å². The summed E-state index contributed by atoms with van der Waals surface area (Å²) >= 11 is 6.59. The highest BCUT2D eigenvalue weighted by Crippen LogP contribution is 2.16. The molecule has 2 aromatic carbocycles. The largest absolute Gasteiger partial charge is 0.490 e. The van der Waals surface area contributed by atoms with Crippen LogP contribution in [-0.4, -0.2) is 31.4 Å². The third kappa shape index (κ3) is 12.2. The first-order chi connectivity index (χ1) is 12.4. The molecule has 0 aliphatic carbocycles. The second-order valence-electron chi connectivity index (χ2n) is 4.19. The minimum absolute atomic E-state index is 0.304. The number of hydrogen-bond acceptors (Lipinski definition) is 3. The minimum Gasteiger partial charge on any atom is -0.490 e. The van der Waals surface area contributed by atoms with E-state index in [2.05, 4.69) is 38.4 Å². The summed E-state index contributed by atoms with van der Waals surface area (Å²) in [5.41, 5.74) is 0. The second-order valence-corrected chi connectivity index (χ2v) is 6.02. The van der Waals surface area contributed by atoms with Gasteiger partial charge in [-0.3, -0.25) is 4.39 Å². The molecule has 0 radical (unpaired) electrons. The lowest BCUT2D eigenvalue weighted by Gasteiger charge is -2.01. The number of ether oxygens (including phenoxy) is 2. The van der Waals surface area contributed by atoms with Crippen molar-refractivity contribution in [3.63, 3.8) is 0 Å². The molecular formula is C18H19Br2FO4. The Morgan fingerprint density at radius 1 is 1.12 bits per heavy atom. The fourth-order valence-corrected chi connectivity index (χ4v) is 1.89. The van der Waals surface area contributed by atoms with Crippen molar-refractivity contribution in [2.75, 3.05) is 20.4 Å². The third-order valence-corrected chi connectivity index (χ3v) is 3.41. The van der Waals surface area contributed by atoms with Gasteiger partial charge in [0.15, 0.2) is 6.61 Å². The Labute approximate surface area is 164 Å². The second kappa shape index (κ2) is 14.5. The Bertz CT molecular complexity index is 637. The summed E-state index contributed by atoms with van der Waals surface area (Å²) in [5.74, 6) is 0.451. The molecule has 2 aromatic rings. The topological polar surface area (TPSA) is 55.8 Å². The number of alkyl halides is 1. The monoisotopic (exact) mass is 477 g/mol. The standard InChI is InChI=1S/C9H9BrO.C8H7BrO3.CH3F/c1-2-7-11-9-5-3-8(10)4-6-9;9-6-1-3-7(4-2-6)12-5-8(10)11;1-2/h2-6H,1,7H2;1-4H,5H2,(H,10,11);1H3/i;;1D. The molecule has 0 saturated heterocycles. The molecular weight excluding hydrogens is 459 g/mol. The lowest BCUT2D eigenvalue weighted by molar-refractivity contribution is -0.139. The van der Waals surface area contributed by atoms with Crippen molar-refractivity contribution in [2.45, 2.75) is 0 Å². The molecule has 25 heavy (non-hydrogen) atoms. The Hall–Kier alpha value is -1.86. The van der Waals surface area contributed by atoms with Gasteiger partial charge >= 0.3 is 5.97 Å². The Morgan fingerprint density at radius 2 is 1.52 bits per heavy atom. The summed E-state index contributed by atoms with van der Waals surface area (Å²) < 4.78 is 27.7. The van der Waals surface area contributed by atoms with E-state index >= 15 is 0 Å². The number of rotatable bonds is 6. The van der Waals surface area contributed by atoms with Crippen LogP contribution in [0.3, 0.4) is 0 Å². The maximum absolute atomic E-state index is 10.1. The van der Waals surface area contributed by atoms with E-state index in [0.717, 1.165) is 14.7 Å². The van der Waals surface area contributed by atoms with Crippen molar-refractivity contribution in [1.29, 1.82) is 0 Å². The highest BCUT2D eigenvalue weighted by Gasteiger charge is 1.97. The normalized spacial score (nSPS) is 9.32. The summed E-state index contributed by atoms with van der Waals surface area (Å²) in [5, 5.41) is 8.30. The van der Waals surface area contributed by atoms with Gasteiger partial charge in [0.25, 0.3) is 0 Å². The molecule has 0 saturated carbocycles. The van der Waals surface area contributed by atoms with Gasteiger partial charge in [0.2, 0.25) is 0 Å². The molecule has 0 fully saturated rings. The van der Waals surface area contributed by atoms with Gasteiger partial charge in [-0.15, -0.1) is 0 Å². The molecule has 0 aliphatic heterocycles. The van der Waals surface area contributed by atoms with Gasteiger partial charge in [-0.2, -0.15) is 0 Å². The fraction of sp³-hybridized carbons (Fsp3) is 0.167. The minimum atomic E-state index is -1.00. The fourth-order valence-electron chi connectivity index (χ4n) is 1.36. The molecule has 136 valence electrons. The summed E-state index contributed by atoms with van der Waals surface area (Å²) in [6, 6.07) is 14.7. The van der Waals surface area contributed by atoms with E-state index in [-0.39, 0.29) is 6.61 Å². The van der Waals surface area contributed by atoms with Gasteiger partial charge in [0.1, 0.15) is 18.1 Å². The van der Waals surface area contributed by atoms with Crippen molar-refractivity contribution in [2.24, 2.45) is 0 Å². The number of benzene rings is 2.